The van der Waals surface area contributed by atoms with Crippen LogP contribution >= 0.6 is 0 Å². The van der Waals surface area contributed by atoms with Crippen LogP contribution in [-0.4, -0.2) is 32.1 Å². The van der Waals surface area contributed by atoms with Gasteiger partial charge in [0.1, 0.15) is 6.04 Å². The molecule has 1 rings (SSSR count). The van der Waals surface area contributed by atoms with E-state index in [4.69, 9.17) is 4.74 Å². The van der Waals surface area contributed by atoms with Crippen LogP contribution in [0.15, 0.2) is 72.5 Å². The maximum absolute atomic E-state index is 12.0. The number of hydrogen-bond donors (Lipinski definition) is 2. The number of carbonyl (C=O) groups is 2. The lowest BCUT2D eigenvalue weighted by molar-refractivity contribution is -0.142. The zero-order chi connectivity index (χ0) is 23.5. The van der Waals surface area contributed by atoms with E-state index in [2.05, 4.69) is 41.7 Å². The smallest absolute Gasteiger partial charge is 0.328 e. The van der Waals surface area contributed by atoms with Crippen LogP contribution in [0.4, 0.5) is 0 Å². The molecule has 1 aliphatic rings. The van der Waals surface area contributed by atoms with Gasteiger partial charge in [0.15, 0.2) is 0 Å². The first-order valence-corrected chi connectivity index (χ1v) is 10.4. The van der Waals surface area contributed by atoms with Gasteiger partial charge in [-0.05, 0) is 44.3 Å². The molecule has 0 radical (unpaired) electrons. The predicted octanol–water partition coefficient (Wildman–Crippen LogP) is 4.52. The minimum Gasteiger partial charge on any atom is -0.467 e. The fraction of sp³-hybridized carbons (Fsp3) is 0.385. The first-order valence-electron chi connectivity index (χ1n) is 10.4. The van der Waals surface area contributed by atoms with Crippen LogP contribution in [0.3, 0.4) is 0 Å². The van der Waals surface area contributed by atoms with Crippen LogP contribution in [0.1, 0.15) is 46.0 Å². The third-order valence-electron chi connectivity index (χ3n) is 4.20. The molecule has 5 heteroatoms. The quantitative estimate of drug-likeness (QED) is 0.307. The predicted molar refractivity (Wildman–Crippen MR) is 129 cm³/mol. The Labute approximate surface area is 187 Å². The van der Waals surface area contributed by atoms with E-state index in [0.29, 0.717) is 18.5 Å². The molecule has 0 aromatic rings. The third-order valence-corrected chi connectivity index (χ3v) is 4.20. The number of amides is 1. The Bertz CT molecular complexity index is 789. The maximum Gasteiger partial charge on any atom is 0.328 e. The summed E-state index contributed by atoms with van der Waals surface area (Å²) in [5.41, 5.74) is 2.76. The van der Waals surface area contributed by atoms with E-state index in [-0.39, 0.29) is 11.9 Å². The lowest BCUT2D eigenvalue weighted by atomic mass is 9.97. The highest BCUT2D eigenvalue weighted by Gasteiger charge is 2.19. The number of hydrogen-bond acceptors (Lipinski definition) is 4. The number of carbonyl (C=O) groups excluding carboxylic acids is 2. The molecule has 0 saturated heterocycles. The summed E-state index contributed by atoms with van der Waals surface area (Å²) in [6, 6.07) is -0.479. The van der Waals surface area contributed by atoms with Crippen LogP contribution in [0.25, 0.3) is 0 Å². The van der Waals surface area contributed by atoms with Crippen molar-refractivity contribution in [2.75, 3.05) is 14.2 Å². The summed E-state index contributed by atoms with van der Waals surface area (Å²) >= 11 is 0. The van der Waals surface area contributed by atoms with Crippen molar-refractivity contribution in [3.63, 3.8) is 0 Å². The van der Waals surface area contributed by atoms with Gasteiger partial charge in [0, 0.05) is 24.7 Å². The molecule has 0 aliphatic heterocycles. The lowest BCUT2D eigenvalue weighted by Crippen LogP contribution is -2.36. The summed E-state index contributed by atoms with van der Waals surface area (Å²) in [5, 5.41) is 5.69. The largest absolute Gasteiger partial charge is 0.467 e. The second kappa shape index (κ2) is 17.6. The van der Waals surface area contributed by atoms with Gasteiger partial charge in [0.25, 0.3) is 0 Å². The van der Waals surface area contributed by atoms with E-state index in [9.17, 15) is 9.59 Å². The molecule has 0 aromatic carbocycles. The van der Waals surface area contributed by atoms with Crippen LogP contribution in [0, 0.1) is 11.8 Å². The SMILES string of the molecule is C=C/C=C\C=C\C[C@@H](NC(=C)C1=CCCC(C#CC)=C1)C(=O)OC.CCCC(=O)NC. The first kappa shape index (κ1) is 27.7. The van der Waals surface area contributed by atoms with Gasteiger partial charge in [-0.2, -0.15) is 0 Å². The number of nitrogens with one attached hydrogen (secondary N) is 2. The van der Waals surface area contributed by atoms with Crippen molar-refractivity contribution in [1.29, 1.82) is 0 Å². The van der Waals surface area contributed by atoms with Crippen molar-refractivity contribution in [1.82, 2.24) is 10.6 Å². The highest BCUT2D eigenvalue weighted by atomic mass is 16.5. The highest BCUT2D eigenvalue weighted by Crippen LogP contribution is 2.21. The molecule has 31 heavy (non-hydrogen) atoms. The normalized spacial score (nSPS) is 13.5. The Morgan fingerprint density at radius 2 is 2.06 bits per heavy atom. The average molecular weight is 425 g/mol. The molecule has 0 saturated carbocycles. The highest BCUT2D eigenvalue weighted by molar-refractivity contribution is 5.76. The molecular formula is C26H36N2O3. The van der Waals surface area contributed by atoms with Crippen LogP contribution in [0.5, 0.6) is 0 Å². The summed E-state index contributed by atoms with van der Waals surface area (Å²) < 4.78 is 4.87. The van der Waals surface area contributed by atoms with Gasteiger partial charge < -0.3 is 15.4 Å². The van der Waals surface area contributed by atoms with E-state index in [1.165, 1.54) is 7.11 Å². The molecule has 5 nitrogen and oxygen atoms in total. The molecule has 1 aliphatic carbocycles. The standard InChI is InChI=1S/C21H25NO2.C5H11NO/c1-5-7-8-9-10-15-20(21(23)24-4)22-17(3)19-14-11-13-18(16-19)12-6-2;1-3-4-5(7)6-2/h5,7-10,14,16,20,22H,1,3,11,13,15H2,2,4H3;3-4H2,1-2H3,(H,6,7)/b8-7-,10-9+;/t20-;/m1./s1. The van der Waals surface area contributed by atoms with Crippen molar-refractivity contribution in [2.45, 2.75) is 52.0 Å². The Hall–Kier alpha value is -3.26. The van der Waals surface area contributed by atoms with Gasteiger partial charge >= 0.3 is 5.97 Å². The molecule has 0 aromatic heterocycles. The Morgan fingerprint density at radius 1 is 1.32 bits per heavy atom. The number of rotatable bonds is 10. The summed E-state index contributed by atoms with van der Waals surface area (Å²) in [5.74, 6) is 5.82. The van der Waals surface area contributed by atoms with E-state index < -0.39 is 6.04 Å². The molecule has 0 spiro atoms. The number of esters is 1. The molecule has 0 fully saturated rings. The number of ether oxygens (including phenoxy) is 1. The molecule has 168 valence electrons. The third kappa shape index (κ3) is 12.8. The minimum atomic E-state index is -0.479. The van der Waals surface area contributed by atoms with Crippen LogP contribution in [-0.2, 0) is 14.3 Å². The average Bonchev–Trinajstić information content (AvgIpc) is 2.78. The summed E-state index contributed by atoms with van der Waals surface area (Å²) in [7, 11) is 3.04. The van der Waals surface area contributed by atoms with Crippen molar-refractivity contribution in [2.24, 2.45) is 0 Å². The van der Waals surface area contributed by atoms with Gasteiger partial charge in [-0.25, -0.2) is 4.79 Å². The van der Waals surface area contributed by atoms with Crippen molar-refractivity contribution in [3.8, 4) is 11.8 Å². The molecule has 0 heterocycles. The molecule has 0 bridgehead atoms. The van der Waals surface area contributed by atoms with Gasteiger partial charge in [0.05, 0.1) is 7.11 Å². The first-order chi connectivity index (χ1) is 14.9. The van der Waals surface area contributed by atoms with Gasteiger partial charge in [-0.15, -0.1) is 5.92 Å². The monoisotopic (exact) mass is 424 g/mol. The molecule has 0 unspecified atom stereocenters. The lowest BCUT2D eigenvalue weighted by Gasteiger charge is -2.20. The van der Waals surface area contributed by atoms with E-state index >= 15 is 0 Å². The summed E-state index contributed by atoms with van der Waals surface area (Å²) in [6.45, 7) is 11.5. The maximum atomic E-state index is 12.0. The topological polar surface area (TPSA) is 67.4 Å². The summed E-state index contributed by atoms with van der Waals surface area (Å²) in [4.78, 5) is 22.3. The fourth-order valence-electron chi connectivity index (χ4n) is 2.61. The van der Waals surface area contributed by atoms with Crippen LogP contribution in [0.2, 0.25) is 0 Å². The molecular weight excluding hydrogens is 388 g/mol. The van der Waals surface area contributed by atoms with Gasteiger partial charge in [0.2, 0.25) is 5.91 Å². The second-order valence-corrected chi connectivity index (χ2v) is 6.65. The molecule has 2 N–H and O–H groups in total. The number of allylic oxidation sites excluding steroid dienone is 7. The van der Waals surface area contributed by atoms with Gasteiger partial charge in [-0.1, -0.05) is 62.5 Å². The van der Waals surface area contributed by atoms with E-state index in [0.717, 1.165) is 30.4 Å². The second-order valence-electron chi connectivity index (χ2n) is 6.65. The zero-order valence-electron chi connectivity index (χ0n) is 19.3. The fourth-order valence-corrected chi connectivity index (χ4v) is 2.61. The van der Waals surface area contributed by atoms with Crippen molar-refractivity contribution >= 4 is 11.9 Å². The molecule has 1 amide bonds. The van der Waals surface area contributed by atoms with Gasteiger partial charge in [-0.3, -0.25) is 4.79 Å². The zero-order valence-corrected chi connectivity index (χ0v) is 19.3. The Kier molecular flexibility index (Phi) is 15.7. The van der Waals surface area contributed by atoms with E-state index in [1.807, 2.05) is 44.2 Å². The Balaban J connectivity index is 0.00000110. The van der Waals surface area contributed by atoms with Crippen LogP contribution < -0.4 is 10.6 Å². The van der Waals surface area contributed by atoms with Crippen molar-refractivity contribution in [3.05, 3.63) is 72.5 Å². The minimum absolute atomic E-state index is 0.127. The van der Waals surface area contributed by atoms with Crippen molar-refractivity contribution < 1.29 is 14.3 Å². The Morgan fingerprint density at radius 3 is 2.61 bits per heavy atom. The number of methoxy groups -OCH3 is 1. The van der Waals surface area contributed by atoms with E-state index in [1.54, 1.807) is 13.1 Å². The summed E-state index contributed by atoms with van der Waals surface area (Å²) in [6.07, 6.45) is 17.2. The molecule has 1 atom stereocenters.